The SMILES string of the molecule is Cc1cccc(NC(=O)C(=O)NCC(=O)Nc2ccc(C)c(Cl)c2)c1. The Morgan fingerprint density at radius 2 is 1.64 bits per heavy atom. The summed E-state index contributed by atoms with van der Waals surface area (Å²) in [6, 6.07) is 12.1. The van der Waals surface area contributed by atoms with Gasteiger partial charge in [0.2, 0.25) is 5.91 Å². The number of hydrogen-bond donors (Lipinski definition) is 3. The average Bonchev–Trinajstić information content (AvgIpc) is 2.56. The predicted molar refractivity (Wildman–Crippen MR) is 97.6 cm³/mol. The largest absolute Gasteiger partial charge is 0.339 e. The van der Waals surface area contributed by atoms with E-state index in [0.717, 1.165) is 11.1 Å². The van der Waals surface area contributed by atoms with E-state index >= 15 is 0 Å². The molecule has 7 heteroatoms. The normalized spacial score (nSPS) is 10.0. The topological polar surface area (TPSA) is 87.3 Å². The first-order valence-electron chi connectivity index (χ1n) is 7.57. The van der Waals surface area contributed by atoms with Gasteiger partial charge >= 0.3 is 11.8 Å². The second kappa shape index (κ2) is 8.30. The highest BCUT2D eigenvalue weighted by atomic mass is 35.5. The van der Waals surface area contributed by atoms with E-state index in [4.69, 9.17) is 11.6 Å². The molecule has 0 radical (unpaired) electrons. The third-order valence-corrected chi connectivity index (χ3v) is 3.75. The van der Waals surface area contributed by atoms with Crippen LogP contribution < -0.4 is 16.0 Å². The maximum Gasteiger partial charge on any atom is 0.313 e. The minimum absolute atomic E-state index is 0.328. The fourth-order valence-corrected chi connectivity index (χ4v) is 2.21. The number of benzene rings is 2. The van der Waals surface area contributed by atoms with Crippen molar-refractivity contribution in [2.45, 2.75) is 13.8 Å². The lowest BCUT2D eigenvalue weighted by Crippen LogP contribution is -2.39. The number of amides is 3. The first kappa shape index (κ1) is 18.5. The maximum absolute atomic E-state index is 11.8. The molecule has 0 spiro atoms. The highest BCUT2D eigenvalue weighted by molar-refractivity contribution is 6.40. The first-order valence-corrected chi connectivity index (χ1v) is 7.95. The molecule has 6 nitrogen and oxygen atoms in total. The molecule has 0 saturated carbocycles. The third kappa shape index (κ3) is 5.61. The van der Waals surface area contributed by atoms with Crippen LogP contribution in [0.15, 0.2) is 42.5 Å². The summed E-state index contributed by atoms with van der Waals surface area (Å²) in [5.74, 6) is -2.19. The fraction of sp³-hybridized carbons (Fsp3) is 0.167. The van der Waals surface area contributed by atoms with Gasteiger partial charge in [0.05, 0.1) is 6.54 Å². The molecule has 25 heavy (non-hydrogen) atoms. The molecular formula is C18H18ClN3O3. The predicted octanol–water partition coefficient (Wildman–Crippen LogP) is 2.65. The van der Waals surface area contributed by atoms with Gasteiger partial charge in [-0.2, -0.15) is 0 Å². The number of halogens is 1. The van der Waals surface area contributed by atoms with E-state index in [1.165, 1.54) is 0 Å². The summed E-state index contributed by atoms with van der Waals surface area (Å²) in [6.07, 6.45) is 0. The summed E-state index contributed by atoms with van der Waals surface area (Å²) in [7, 11) is 0. The fourth-order valence-electron chi connectivity index (χ4n) is 2.03. The molecule has 0 bridgehead atoms. The summed E-state index contributed by atoms with van der Waals surface area (Å²) < 4.78 is 0. The molecular weight excluding hydrogens is 342 g/mol. The molecule has 130 valence electrons. The number of anilines is 2. The van der Waals surface area contributed by atoms with Crippen LogP contribution in [0.25, 0.3) is 0 Å². The minimum atomic E-state index is -0.890. The quantitative estimate of drug-likeness (QED) is 0.733. The van der Waals surface area contributed by atoms with Crippen molar-refractivity contribution in [2.24, 2.45) is 0 Å². The number of carbonyl (C=O) groups excluding carboxylic acids is 3. The number of aryl methyl sites for hydroxylation is 2. The zero-order chi connectivity index (χ0) is 18.4. The van der Waals surface area contributed by atoms with Gasteiger partial charge in [-0.05, 0) is 49.2 Å². The number of hydrogen-bond acceptors (Lipinski definition) is 3. The first-order chi connectivity index (χ1) is 11.8. The number of nitrogens with one attached hydrogen (secondary N) is 3. The van der Waals surface area contributed by atoms with Crippen molar-refractivity contribution in [3.63, 3.8) is 0 Å². The lowest BCUT2D eigenvalue weighted by atomic mass is 10.2. The maximum atomic E-state index is 11.8. The molecule has 2 rings (SSSR count). The molecule has 2 aromatic rings. The van der Waals surface area contributed by atoms with Gasteiger partial charge in [-0.25, -0.2) is 0 Å². The Kier molecular flexibility index (Phi) is 6.14. The van der Waals surface area contributed by atoms with E-state index in [0.29, 0.717) is 16.4 Å². The number of carbonyl (C=O) groups is 3. The van der Waals surface area contributed by atoms with Crippen molar-refractivity contribution in [1.82, 2.24) is 5.32 Å². The molecule has 2 aromatic carbocycles. The molecule has 0 saturated heterocycles. The molecule has 0 atom stereocenters. The van der Waals surface area contributed by atoms with Crippen LogP contribution in [0.3, 0.4) is 0 Å². The Balaban J connectivity index is 1.83. The van der Waals surface area contributed by atoms with E-state index in [1.807, 2.05) is 19.9 Å². The standard InChI is InChI=1S/C18H18ClN3O3/c1-11-4-3-5-13(8-11)22-18(25)17(24)20-10-16(23)21-14-7-6-12(2)15(19)9-14/h3-9H,10H2,1-2H3,(H,20,24)(H,21,23)(H,22,25). The van der Waals surface area contributed by atoms with Crippen LogP contribution in [0, 0.1) is 13.8 Å². The van der Waals surface area contributed by atoms with E-state index in [9.17, 15) is 14.4 Å². The Morgan fingerprint density at radius 1 is 0.920 bits per heavy atom. The molecule has 0 heterocycles. The van der Waals surface area contributed by atoms with E-state index in [2.05, 4.69) is 16.0 Å². The Morgan fingerprint density at radius 3 is 2.32 bits per heavy atom. The second-order valence-corrected chi connectivity index (χ2v) is 5.93. The second-order valence-electron chi connectivity index (χ2n) is 5.52. The lowest BCUT2D eigenvalue weighted by Gasteiger charge is -2.09. The van der Waals surface area contributed by atoms with Crippen molar-refractivity contribution in [3.05, 3.63) is 58.6 Å². The molecule has 0 aliphatic rings. The summed E-state index contributed by atoms with van der Waals surface area (Å²) in [5, 5.41) is 7.86. The van der Waals surface area contributed by atoms with Crippen LogP contribution >= 0.6 is 11.6 Å². The summed E-state index contributed by atoms with van der Waals surface area (Å²) in [5.41, 5.74) is 2.87. The highest BCUT2D eigenvalue weighted by Crippen LogP contribution is 2.19. The molecule has 0 fully saturated rings. The number of rotatable bonds is 4. The van der Waals surface area contributed by atoms with Crippen molar-refractivity contribution >= 4 is 40.7 Å². The molecule has 0 aliphatic carbocycles. The van der Waals surface area contributed by atoms with Gasteiger partial charge in [0.1, 0.15) is 0 Å². The zero-order valence-corrected chi connectivity index (χ0v) is 14.6. The molecule has 0 aromatic heterocycles. The van der Waals surface area contributed by atoms with Crippen LogP contribution in [0.1, 0.15) is 11.1 Å². The van der Waals surface area contributed by atoms with Gasteiger partial charge in [0, 0.05) is 16.4 Å². The van der Waals surface area contributed by atoms with Crippen molar-refractivity contribution in [1.29, 1.82) is 0 Å². The average molecular weight is 360 g/mol. The van der Waals surface area contributed by atoms with E-state index in [-0.39, 0.29) is 6.54 Å². The van der Waals surface area contributed by atoms with Crippen LogP contribution in [0.5, 0.6) is 0 Å². The van der Waals surface area contributed by atoms with E-state index in [1.54, 1.807) is 36.4 Å². The summed E-state index contributed by atoms with van der Waals surface area (Å²) >= 11 is 5.98. The van der Waals surface area contributed by atoms with Crippen molar-refractivity contribution in [3.8, 4) is 0 Å². The molecule has 0 aliphatic heterocycles. The Bertz CT molecular complexity index is 821. The van der Waals surface area contributed by atoms with E-state index < -0.39 is 17.7 Å². The van der Waals surface area contributed by atoms with Crippen LogP contribution in [0.4, 0.5) is 11.4 Å². The lowest BCUT2D eigenvalue weighted by molar-refractivity contribution is -0.136. The van der Waals surface area contributed by atoms with Gasteiger partial charge in [-0.3, -0.25) is 14.4 Å². The van der Waals surface area contributed by atoms with Crippen LogP contribution in [-0.2, 0) is 14.4 Å². The van der Waals surface area contributed by atoms with Gasteiger partial charge in [0.15, 0.2) is 0 Å². The smallest absolute Gasteiger partial charge is 0.313 e. The third-order valence-electron chi connectivity index (χ3n) is 3.35. The van der Waals surface area contributed by atoms with Gasteiger partial charge in [-0.1, -0.05) is 29.8 Å². The van der Waals surface area contributed by atoms with Crippen molar-refractivity contribution < 1.29 is 14.4 Å². The van der Waals surface area contributed by atoms with Gasteiger partial charge < -0.3 is 16.0 Å². The molecule has 3 N–H and O–H groups in total. The summed E-state index contributed by atoms with van der Waals surface area (Å²) in [4.78, 5) is 35.4. The minimum Gasteiger partial charge on any atom is -0.339 e. The zero-order valence-electron chi connectivity index (χ0n) is 13.9. The monoisotopic (exact) mass is 359 g/mol. The van der Waals surface area contributed by atoms with Crippen molar-refractivity contribution in [2.75, 3.05) is 17.2 Å². The molecule has 0 unspecified atom stereocenters. The highest BCUT2D eigenvalue weighted by Gasteiger charge is 2.15. The molecule has 3 amide bonds. The Hall–Kier alpha value is -2.86. The van der Waals surface area contributed by atoms with Crippen LogP contribution in [0.2, 0.25) is 5.02 Å². The van der Waals surface area contributed by atoms with Crippen LogP contribution in [-0.4, -0.2) is 24.3 Å². The van der Waals surface area contributed by atoms with Gasteiger partial charge in [-0.15, -0.1) is 0 Å². The Labute approximate surface area is 150 Å². The summed E-state index contributed by atoms with van der Waals surface area (Å²) in [6.45, 7) is 3.39. The van der Waals surface area contributed by atoms with Gasteiger partial charge in [0.25, 0.3) is 0 Å².